The van der Waals surface area contributed by atoms with Crippen LogP contribution in [0.15, 0.2) is 52.2 Å². The van der Waals surface area contributed by atoms with Gasteiger partial charge < -0.3 is 15.1 Å². The molecule has 2 rings (SSSR count). The molecule has 25 heavy (non-hydrogen) atoms. The number of halogens is 3. The summed E-state index contributed by atoms with van der Waals surface area (Å²) in [5, 5.41) is 8.00. The summed E-state index contributed by atoms with van der Waals surface area (Å²) in [4.78, 5) is 23.1. The maximum atomic E-state index is 12.6. The molecule has 0 bridgehead atoms. The zero-order valence-corrected chi connectivity index (χ0v) is 12.6. The number of anilines is 1. The van der Waals surface area contributed by atoms with Gasteiger partial charge in [-0.3, -0.25) is 4.79 Å². The van der Waals surface area contributed by atoms with E-state index in [0.29, 0.717) is 5.76 Å². The number of urea groups is 1. The van der Waals surface area contributed by atoms with E-state index in [9.17, 15) is 22.8 Å². The van der Waals surface area contributed by atoms with E-state index in [4.69, 9.17) is 4.42 Å². The van der Waals surface area contributed by atoms with Crippen molar-refractivity contribution < 1.29 is 27.2 Å². The lowest BCUT2D eigenvalue weighted by Gasteiger charge is -2.10. The fourth-order valence-electron chi connectivity index (χ4n) is 1.68. The van der Waals surface area contributed by atoms with E-state index in [0.717, 1.165) is 18.2 Å². The largest absolute Gasteiger partial charge is 0.463 e. The number of hydrazone groups is 1. The summed E-state index contributed by atoms with van der Waals surface area (Å²) in [5.74, 6) is -0.197. The van der Waals surface area contributed by atoms with Gasteiger partial charge in [0, 0.05) is 5.69 Å². The van der Waals surface area contributed by atoms with Gasteiger partial charge in [-0.25, -0.2) is 10.2 Å². The molecular formula is C15H13F3N4O3. The molecule has 7 nitrogen and oxygen atoms in total. The molecule has 0 aliphatic heterocycles. The van der Waals surface area contributed by atoms with E-state index >= 15 is 0 Å². The Kier molecular flexibility index (Phi) is 5.77. The Morgan fingerprint density at radius 2 is 2.00 bits per heavy atom. The summed E-state index contributed by atoms with van der Waals surface area (Å²) in [6, 6.07) is 6.56. The van der Waals surface area contributed by atoms with Gasteiger partial charge in [0.2, 0.25) is 0 Å². The molecule has 2 aromatic rings. The molecule has 3 N–H and O–H groups in total. The third-order valence-corrected chi connectivity index (χ3v) is 2.78. The Hall–Kier alpha value is -3.30. The highest BCUT2D eigenvalue weighted by atomic mass is 19.4. The summed E-state index contributed by atoms with van der Waals surface area (Å²) in [5.41, 5.74) is 1.20. The van der Waals surface area contributed by atoms with Gasteiger partial charge in [0.25, 0.3) is 5.91 Å². The molecule has 0 aliphatic rings. The quantitative estimate of drug-likeness (QED) is 0.569. The van der Waals surface area contributed by atoms with Crippen molar-refractivity contribution in [3.63, 3.8) is 0 Å². The van der Waals surface area contributed by atoms with Crippen LogP contribution in [0.5, 0.6) is 0 Å². The maximum Gasteiger partial charge on any atom is 0.416 e. The Labute approximate surface area is 139 Å². The summed E-state index contributed by atoms with van der Waals surface area (Å²) < 4.78 is 42.7. The van der Waals surface area contributed by atoms with Crippen molar-refractivity contribution in [2.24, 2.45) is 5.10 Å². The molecule has 1 aromatic carbocycles. The van der Waals surface area contributed by atoms with Gasteiger partial charge in [0.1, 0.15) is 12.3 Å². The molecule has 0 unspecified atom stereocenters. The van der Waals surface area contributed by atoms with Crippen LogP contribution >= 0.6 is 0 Å². The van der Waals surface area contributed by atoms with Gasteiger partial charge in [-0.2, -0.15) is 18.3 Å². The third-order valence-electron chi connectivity index (χ3n) is 2.78. The number of amides is 3. The number of nitrogens with one attached hydrogen (secondary N) is 3. The van der Waals surface area contributed by atoms with Crippen molar-refractivity contribution >= 4 is 23.8 Å². The molecule has 1 heterocycles. The number of rotatable bonds is 5. The zero-order chi connectivity index (χ0) is 18.3. The number of alkyl halides is 3. The van der Waals surface area contributed by atoms with E-state index in [-0.39, 0.29) is 5.69 Å². The van der Waals surface area contributed by atoms with E-state index in [2.05, 4.69) is 21.2 Å². The minimum Gasteiger partial charge on any atom is -0.463 e. The fourth-order valence-corrected chi connectivity index (χ4v) is 1.68. The molecular weight excluding hydrogens is 341 g/mol. The highest BCUT2D eigenvalue weighted by Gasteiger charge is 2.30. The number of benzene rings is 1. The third kappa shape index (κ3) is 6.01. The van der Waals surface area contributed by atoms with Crippen molar-refractivity contribution in [1.29, 1.82) is 0 Å². The number of furan rings is 1. The summed E-state index contributed by atoms with van der Waals surface area (Å²) in [6.45, 7) is -0.416. The van der Waals surface area contributed by atoms with E-state index in [1.807, 2.05) is 0 Å². The van der Waals surface area contributed by atoms with E-state index in [1.165, 1.54) is 18.5 Å². The molecule has 0 radical (unpaired) electrons. The lowest BCUT2D eigenvalue weighted by atomic mass is 10.2. The first kappa shape index (κ1) is 18.0. The van der Waals surface area contributed by atoms with Crippen LogP contribution in [-0.4, -0.2) is 24.7 Å². The SMILES string of the molecule is O=C(CNC(=O)Nc1cccc(C(F)(F)F)c1)NN=Cc1ccco1. The molecule has 0 fully saturated rings. The summed E-state index contributed by atoms with van der Waals surface area (Å²) in [7, 11) is 0. The summed E-state index contributed by atoms with van der Waals surface area (Å²) >= 11 is 0. The molecule has 0 spiro atoms. The van der Waals surface area contributed by atoms with Gasteiger partial charge in [0.05, 0.1) is 18.0 Å². The molecule has 0 saturated heterocycles. The van der Waals surface area contributed by atoms with Gasteiger partial charge in [-0.05, 0) is 30.3 Å². The average molecular weight is 354 g/mol. The second kappa shape index (κ2) is 7.99. The van der Waals surface area contributed by atoms with Crippen LogP contribution in [0.1, 0.15) is 11.3 Å². The molecule has 0 saturated carbocycles. The first-order valence-corrected chi connectivity index (χ1v) is 6.92. The Bertz CT molecular complexity index is 758. The summed E-state index contributed by atoms with van der Waals surface area (Å²) in [6.07, 6.45) is -1.82. The van der Waals surface area contributed by atoms with Crippen molar-refractivity contribution in [3.05, 3.63) is 54.0 Å². The fraction of sp³-hybridized carbons (Fsp3) is 0.133. The van der Waals surface area contributed by atoms with Crippen LogP contribution in [0, 0.1) is 0 Å². The van der Waals surface area contributed by atoms with Gasteiger partial charge in [-0.15, -0.1) is 0 Å². The zero-order valence-electron chi connectivity index (χ0n) is 12.6. The van der Waals surface area contributed by atoms with Gasteiger partial charge >= 0.3 is 12.2 Å². The lowest BCUT2D eigenvalue weighted by Crippen LogP contribution is -2.37. The smallest absolute Gasteiger partial charge is 0.416 e. The Balaban J connectivity index is 1.77. The number of carbonyl (C=O) groups excluding carboxylic acids is 2. The topological polar surface area (TPSA) is 95.7 Å². The van der Waals surface area contributed by atoms with Crippen LogP contribution in [0.4, 0.5) is 23.7 Å². The van der Waals surface area contributed by atoms with Crippen molar-refractivity contribution in [3.8, 4) is 0 Å². The first-order valence-electron chi connectivity index (χ1n) is 6.92. The minimum atomic E-state index is -4.51. The minimum absolute atomic E-state index is 0.0522. The number of nitrogens with zero attached hydrogens (tertiary/aromatic N) is 1. The molecule has 132 valence electrons. The van der Waals surface area contributed by atoms with Crippen LogP contribution in [0.3, 0.4) is 0 Å². The predicted molar refractivity (Wildman–Crippen MR) is 82.9 cm³/mol. The van der Waals surface area contributed by atoms with Crippen molar-refractivity contribution in [2.45, 2.75) is 6.18 Å². The molecule has 0 aliphatic carbocycles. The second-order valence-electron chi connectivity index (χ2n) is 4.69. The molecule has 0 atom stereocenters. The van der Waals surface area contributed by atoms with Crippen molar-refractivity contribution in [1.82, 2.24) is 10.7 Å². The molecule has 10 heteroatoms. The standard InChI is InChI=1S/C15H13F3N4O3/c16-15(17,18)10-3-1-4-11(7-10)21-14(24)19-9-13(23)22-20-8-12-5-2-6-25-12/h1-8H,9H2,(H,22,23)(H2,19,21,24). The van der Waals surface area contributed by atoms with Crippen LogP contribution in [0.2, 0.25) is 0 Å². The molecule has 3 amide bonds. The number of hydrogen-bond donors (Lipinski definition) is 3. The number of hydrogen-bond acceptors (Lipinski definition) is 4. The predicted octanol–water partition coefficient (Wildman–Crippen LogP) is 2.57. The molecule has 1 aromatic heterocycles. The van der Waals surface area contributed by atoms with E-state index < -0.39 is 30.2 Å². The number of carbonyl (C=O) groups is 2. The first-order chi connectivity index (χ1) is 11.8. The highest BCUT2D eigenvalue weighted by Crippen LogP contribution is 2.30. The normalized spacial score (nSPS) is 11.3. The Morgan fingerprint density at radius 3 is 2.68 bits per heavy atom. The van der Waals surface area contributed by atoms with Crippen LogP contribution in [0.25, 0.3) is 0 Å². The maximum absolute atomic E-state index is 12.6. The monoisotopic (exact) mass is 354 g/mol. The van der Waals surface area contributed by atoms with Crippen LogP contribution in [-0.2, 0) is 11.0 Å². The van der Waals surface area contributed by atoms with E-state index in [1.54, 1.807) is 12.1 Å². The highest BCUT2D eigenvalue weighted by molar-refractivity contribution is 5.92. The van der Waals surface area contributed by atoms with Crippen LogP contribution < -0.4 is 16.1 Å². The van der Waals surface area contributed by atoms with Gasteiger partial charge in [0.15, 0.2) is 0 Å². The van der Waals surface area contributed by atoms with Gasteiger partial charge in [-0.1, -0.05) is 6.07 Å². The Morgan fingerprint density at radius 1 is 1.20 bits per heavy atom. The second-order valence-corrected chi connectivity index (χ2v) is 4.69. The van der Waals surface area contributed by atoms with Crippen molar-refractivity contribution in [2.75, 3.05) is 11.9 Å². The lowest BCUT2D eigenvalue weighted by molar-refractivity contribution is -0.137. The average Bonchev–Trinajstić information content (AvgIpc) is 3.06.